The lowest BCUT2D eigenvalue weighted by molar-refractivity contribution is -0.137. The first kappa shape index (κ1) is 14.3. The summed E-state index contributed by atoms with van der Waals surface area (Å²) in [5, 5.41) is 11.1. The Bertz CT molecular complexity index is 674. The quantitative estimate of drug-likeness (QED) is 0.915. The fourth-order valence-electron chi connectivity index (χ4n) is 2.99. The molecule has 0 spiro atoms. The number of carbonyl (C=O) groups is 1. The van der Waals surface area contributed by atoms with Crippen LogP contribution in [0.15, 0.2) is 34.9 Å². The van der Waals surface area contributed by atoms with Crippen molar-refractivity contribution < 1.29 is 9.90 Å². The summed E-state index contributed by atoms with van der Waals surface area (Å²) in [7, 11) is 0. The average molecular weight is 349 g/mol. The van der Waals surface area contributed by atoms with Gasteiger partial charge in [0.15, 0.2) is 0 Å². The molecule has 0 amide bonds. The Morgan fingerprint density at radius 2 is 2.24 bits per heavy atom. The van der Waals surface area contributed by atoms with E-state index in [0.29, 0.717) is 5.92 Å². The number of hydrogen-bond acceptors (Lipinski definition) is 3. The van der Waals surface area contributed by atoms with Crippen molar-refractivity contribution in [2.75, 3.05) is 18.0 Å². The first-order chi connectivity index (χ1) is 10.1. The molecule has 1 aromatic heterocycles. The van der Waals surface area contributed by atoms with Gasteiger partial charge in [0.05, 0.1) is 0 Å². The molecule has 0 aliphatic carbocycles. The fourth-order valence-corrected chi connectivity index (χ4v) is 3.49. The van der Waals surface area contributed by atoms with Gasteiger partial charge in [0.25, 0.3) is 0 Å². The van der Waals surface area contributed by atoms with Crippen molar-refractivity contribution in [3.8, 4) is 0 Å². The van der Waals surface area contributed by atoms with Crippen LogP contribution in [0.1, 0.15) is 19.3 Å². The van der Waals surface area contributed by atoms with Gasteiger partial charge in [-0.1, -0.05) is 28.1 Å². The van der Waals surface area contributed by atoms with Gasteiger partial charge in [-0.3, -0.25) is 4.79 Å². The lowest BCUT2D eigenvalue weighted by Gasteiger charge is -2.19. The molecule has 110 valence electrons. The molecule has 21 heavy (non-hydrogen) atoms. The van der Waals surface area contributed by atoms with E-state index in [-0.39, 0.29) is 6.42 Å². The maximum absolute atomic E-state index is 10.7. The topological polar surface area (TPSA) is 53.4 Å². The van der Waals surface area contributed by atoms with Gasteiger partial charge in [-0.05, 0) is 30.9 Å². The summed E-state index contributed by atoms with van der Waals surface area (Å²) in [5.74, 6) is 0.748. The second-order valence-corrected chi connectivity index (χ2v) is 6.36. The largest absolute Gasteiger partial charge is 0.481 e. The van der Waals surface area contributed by atoms with Crippen molar-refractivity contribution in [2.24, 2.45) is 5.92 Å². The van der Waals surface area contributed by atoms with Crippen molar-refractivity contribution in [1.82, 2.24) is 4.98 Å². The predicted molar refractivity (Wildman–Crippen MR) is 86.6 cm³/mol. The smallest absolute Gasteiger partial charge is 0.303 e. The minimum Gasteiger partial charge on any atom is -0.481 e. The highest BCUT2D eigenvalue weighted by Crippen LogP contribution is 2.33. The summed E-state index contributed by atoms with van der Waals surface area (Å²) in [6, 6.07) is 8.16. The summed E-state index contributed by atoms with van der Waals surface area (Å²) in [5.41, 5.74) is 0. The van der Waals surface area contributed by atoms with E-state index in [2.05, 4.69) is 31.9 Å². The monoisotopic (exact) mass is 348 g/mol. The van der Waals surface area contributed by atoms with Gasteiger partial charge in [-0.15, -0.1) is 0 Å². The summed E-state index contributed by atoms with van der Waals surface area (Å²) in [6.07, 6.45) is 3.89. The Hall–Kier alpha value is -1.62. The van der Waals surface area contributed by atoms with Crippen molar-refractivity contribution in [2.45, 2.75) is 19.3 Å². The molecular weight excluding hydrogens is 332 g/mol. The SMILES string of the molecule is O=C(O)CCC1CCN(c2nccc3c(Br)cccc23)C1. The van der Waals surface area contributed by atoms with E-state index in [9.17, 15) is 4.79 Å². The highest BCUT2D eigenvalue weighted by Gasteiger charge is 2.25. The zero-order valence-corrected chi connectivity index (χ0v) is 13.2. The molecule has 2 aromatic rings. The molecule has 0 saturated carbocycles. The van der Waals surface area contributed by atoms with Gasteiger partial charge in [0, 0.05) is 41.0 Å². The van der Waals surface area contributed by atoms with Crippen molar-refractivity contribution >= 4 is 38.5 Å². The molecule has 4 nitrogen and oxygen atoms in total. The molecule has 1 aliphatic heterocycles. The van der Waals surface area contributed by atoms with Crippen LogP contribution in [0.5, 0.6) is 0 Å². The number of aliphatic carboxylic acids is 1. The molecule has 3 rings (SSSR count). The van der Waals surface area contributed by atoms with E-state index in [1.807, 2.05) is 24.4 Å². The number of benzene rings is 1. The van der Waals surface area contributed by atoms with Gasteiger partial charge in [-0.25, -0.2) is 4.98 Å². The maximum Gasteiger partial charge on any atom is 0.303 e. The second-order valence-electron chi connectivity index (χ2n) is 5.50. The van der Waals surface area contributed by atoms with Crippen molar-refractivity contribution in [1.29, 1.82) is 0 Å². The van der Waals surface area contributed by atoms with Crippen LogP contribution in [-0.2, 0) is 4.79 Å². The van der Waals surface area contributed by atoms with E-state index >= 15 is 0 Å². The third-order valence-corrected chi connectivity index (χ3v) is 4.78. The lowest BCUT2D eigenvalue weighted by atomic mass is 10.0. The Morgan fingerprint density at radius 3 is 3.05 bits per heavy atom. The summed E-state index contributed by atoms with van der Waals surface area (Å²) in [4.78, 5) is 17.5. The Balaban J connectivity index is 1.82. The molecule has 1 aliphatic rings. The number of carboxylic acids is 1. The Labute approximate surface area is 131 Å². The molecule has 5 heteroatoms. The first-order valence-corrected chi connectivity index (χ1v) is 7.94. The molecule has 0 bridgehead atoms. The maximum atomic E-state index is 10.7. The fraction of sp³-hybridized carbons (Fsp3) is 0.375. The number of fused-ring (bicyclic) bond motifs is 1. The average Bonchev–Trinajstić information content (AvgIpc) is 2.94. The van der Waals surface area contributed by atoms with Crippen LogP contribution in [0.4, 0.5) is 5.82 Å². The molecule has 1 fully saturated rings. The number of carboxylic acid groups (broad SMARTS) is 1. The Kier molecular flexibility index (Phi) is 4.10. The van der Waals surface area contributed by atoms with Crippen LogP contribution in [0.25, 0.3) is 10.8 Å². The van der Waals surface area contributed by atoms with E-state index < -0.39 is 5.97 Å². The number of halogens is 1. The van der Waals surface area contributed by atoms with Crippen LogP contribution in [0.2, 0.25) is 0 Å². The lowest BCUT2D eigenvalue weighted by Crippen LogP contribution is -2.21. The normalized spacial score (nSPS) is 18.3. The molecule has 1 N–H and O–H groups in total. The van der Waals surface area contributed by atoms with E-state index in [1.165, 1.54) is 0 Å². The highest BCUT2D eigenvalue weighted by molar-refractivity contribution is 9.10. The van der Waals surface area contributed by atoms with Crippen molar-refractivity contribution in [3.05, 3.63) is 34.9 Å². The standard InChI is InChI=1S/C16H17BrN2O2/c17-14-3-1-2-13-12(14)6-8-18-16(13)19-9-7-11(10-19)4-5-15(20)21/h1-3,6,8,11H,4-5,7,9-10H2,(H,20,21). The van der Waals surface area contributed by atoms with Gasteiger partial charge in [-0.2, -0.15) is 0 Å². The molecule has 1 atom stereocenters. The van der Waals surface area contributed by atoms with Gasteiger partial charge >= 0.3 is 5.97 Å². The zero-order valence-electron chi connectivity index (χ0n) is 11.6. The number of nitrogens with zero attached hydrogens (tertiary/aromatic N) is 2. The highest BCUT2D eigenvalue weighted by atomic mass is 79.9. The summed E-state index contributed by atoms with van der Waals surface area (Å²) >= 11 is 3.58. The third kappa shape index (κ3) is 3.02. The van der Waals surface area contributed by atoms with E-state index in [1.54, 1.807) is 0 Å². The molecule has 1 aromatic carbocycles. The summed E-state index contributed by atoms with van der Waals surface area (Å²) in [6.45, 7) is 1.84. The molecule has 2 heterocycles. The zero-order chi connectivity index (χ0) is 14.8. The predicted octanol–water partition coefficient (Wildman–Crippen LogP) is 3.69. The van der Waals surface area contributed by atoms with Crippen LogP contribution < -0.4 is 4.90 Å². The number of anilines is 1. The third-order valence-electron chi connectivity index (χ3n) is 4.08. The molecule has 0 radical (unpaired) electrons. The Morgan fingerprint density at radius 1 is 1.38 bits per heavy atom. The van der Waals surface area contributed by atoms with Crippen LogP contribution in [0.3, 0.4) is 0 Å². The minimum atomic E-state index is -0.708. The molecular formula is C16H17BrN2O2. The molecule has 1 saturated heterocycles. The van der Waals surface area contributed by atoms with E-state index in [0.717, 1.165) is 47.0 Å². The number of aromatic nitrogens is 1. The number of hydrogen-bond donors (Lipinski definition) is 1. The van der Waals surface area contributed by atoms with Gasteiger partial charge in [0.1, 0.15) is 5.82 Å². The number of rotatable bonds is 4. The van der Waals surface area contributed by atoms with Crippen LogP contribution >= 0.6 is 15.9 Å². The number of pyridine rings is 1. The van der Waals surface area contributed by atoms with Gasteiger partial charge in [0.2, 0.25) is 0 Å². The van der Waals surface area contributed by atoms with Crippen LogP contribution in [0, 0.1) is 5.92 Å². The first-order valence-electron chi connectivity index (χ1n) is 7.15. The summed E-state index contributed by atoms with van der Waals surface area (Å²) < 4.78 is 1.07. The van der Waals surface area contributed by atoms with Crippen LogP contribution in [-0.4, -0.2) is 29.1 Å². The second kappa shape index (κ2) is 6.02. The molecule has 1 unspecified atom stereocenters. The van der Waals surface area contributed by atoms with Crippen molar-refractivity contribution in [3.63, 3.8) is 0 Å². The van der Waals surface area contributed by atoms with E-state index in [4.69, 9.17) is 5.11 Å². The minimum absolute atomic E-state index is 0.257. The van der Waals surface area contributed by atoms with Gasteiger partial charge < -0.3 is 10.0 Å².